The fraction of sp³-hybridized carbons (Fsp3) is 0.375. The van der Waals surface area contributed by atoms with Crippen LogP contribution in [-0.4, -0.2) is 23.7 Å². The first kappa shape index (κ1) is 16.0. The van der Waals surface area contributed by atoms with Crippen LogP contribution in [-0.2, 0) is 4.79 Å². The lowest BCUT2D eigenvalue weighted by atomic mass is 10.2. The number of hydrogen-bond acceptors (Lipinski definition) is 4. The molecule has 122 valence electrons. The summed E-state index contributed by atoms with van der Waals surface area (Å²) in [6.07, 6.45) is 6.24. The molecule has 3 rings (SSSR count). The molecule has 1 saturated heterocycles. The number of rotatable bonds is 4. The second-order valence-corrected chi connectivity index (χ2v) is 6.42. The van der Waals surface area contributed by atoms with Crippen molar-refractivity contribution in [1.29, 1.82) is 0 Å². The highest BCUT2D eigenvalue weighted by atomic mass is 32.2. The summed E-state index contributed by atoms with van der Waals surface area (Å²) < 4.78 is 28.5. The Morgan fingerprint density at radius 2 is 1.96 bits per heavy atom. The summed E-state index contributed by atoms with van der Waals surface area (Å²) in [4.78, 5) is 17.1. The van der Waals surface area contributed by atoms with E-state index in [1.807, 2.05) is 0 Å². The maximum atomic E-state index is 12.1. The molecule has 0 spiro atoms. The summed E-state index contributed by atoms with van der Waals surface area (Å²) in [5, 5.41) is 3.41. The Labute approximate surface area is 137 Å². The fourth-order valence-electron chi connectivity index (χ4n) is 2.58. The number of thioether (sulfide) groups is 1. The van der Waals surface area contributed by atoms with Crippen molar-refractivity contribution < 1.29 is 18.3 Å². The number of halogens is 2. The average Bonchev–Trinajstić information content (AvgIpc) is 3.12. The number of nitrogens with zero attached hydrogens (tertiary/aromatic N) is 1. The molecule has 1 amide bonds. The summed E-state index contributed by atoms with van der Waals surface area (Å²) in [5.41, 5.74) is 0.742. The van der Waals surface area contributed by atoms with Crippen molar-refractivity contribution in [1.82, 2.24) is 5.32 Å². The molecule has 2 aliphatic rings. The molecule has 2 fully saturated rings. The summed E-state index contributed by atoms with van der Waals surface area (Å²) in [5.74, 6) is -0.0891. The normalized spacial score (nSPS) is 22.3. The number of carbonyl (C=O) groups is 1. The smallest absolute Gasteiger partial charge is 0.387 e. The highest BCUT2D eigenvalue weighted by Gasteiger charge is 2.25. The number of nitrogens with one attached hydrogen (secondary N) is 1. The number of benzene rings is 1. The predicted octanol–water partition coefficient (Wildman–Crippen LogP) is 3.79. The summed E-state index contributed by atoms with van der Waals surface area (Å²) in [7, 11) is 0. The Hall–Kier alpha value is -1.89. The Morgan fingerprint density at radius 3 is 2.61 bits per heavy atom. The van der Waals surface area contributed by atoms with Crippen LogP contribution in [0.4, 0.5) is 8.78 Å². The number of alkyl halides is 2. The van der Waals surface area contributed by atoms with Crippen molar-refractivity contribution >= 4 is 28.9 Å². The Morgan fingerprint density at radius 1 is 1.26 bits per heavy atom. The highest BCUT2D eigenvalue weighted by Crippen LogP contribution is 2.29. The van der Waals surface area contributed by atoms with E-state index in [2.05, 4.69) is 15.0 Å². The Kier molecular flexibility index (Phi) is 4.95. The van der Waals surface area contributed by atoms with Gasteiger partial charge in [0.25, 0.3) is 5.91 Å². The number of amidine groups is 1. The van der Waals surface area contributed by atoms with Crippen LogP contribution in [0.3, 0.4) is 0 Å². The first-order chi connectivity index (χ1) is 11.1. The fourth-order valence-corrected chi connectivity index (χ4v) is 3.48. The molecule has 1 N–H and O–H groups in total. The molecule has 1 aromatic carbocycles. The second-order valence-electron chi connectivity index (χ2n) is 5.38. The third kappa shape index (κ3) is 4.31. The molecule has 0 aromatic heterocycles. The molecular formula is C16H16F2N2O2S. The lowest BCUT2D eigenvalue weighted by Crippen LogP contribution is -2.21. The summed E-state index contributed by atoms with van der Waals surface area (Å²) in [6, 6.07) is 6.46. The molecule has 1 saturated carbocycles. The van der Waals surface area contributed by atoms with Crippen LogP contribution in [0.5, 0.6) is 5.75 Å². The topological polar surface area (TPSA) is 50.7 Å². The van der Waals surface area contributed by atoms with Gasteiger partial charge in [0, 0.05) is 0 Å². The molecule has 0 radical (unpaired) electrons. The van der Waals surface area contributed by atoms with Crippen molar-refractivity contribution in [3.63, 3.8) is 0 Å². The molecule has 1 heterocycles. The van der Waals surface area contributed by atoms with Crippen LogP contribution in [0.1, 0.15) is 31.2 Å². The van der Waals surface area contributed by atoms with Gasteiger partial charge in [0.1, 0.15) is 5.75 Å². The largest absolute Gasteiger partial charge is 0.435 e. The third-order valence-corrected chi connectivity index (χ3v) is 4.60. The maximum Gasteiger partial charge on any atom is 0.387 e. The van der Waals surface area contributed by atoms with E-state index in [9.17, 15) is 13.6 Å². The molecule has 7 heteroatoms. The van der Waals surface area contributed by atoms with Crippen LogP contribution in [0.15, 0.2) is 34.2 Å². The van der Waals surface area contributed by atoms with Gasteiger partial charge in [-0.05, 0) is 48.4 Å². The van der Waals surface area contributed by atoms with Crippen LogP contribution >= 0.6 is 11.8 Å². The van der Waals surface area contributed by atoms with Gasteiger partial charge < -0.3 is 10.1 Å². The molecular weight excluding hydrogens is 322 g/mol. The van der Waals surface area contributed by atoms with Crippen LogP contribution in [0.25, 0.3) is 6.08 Å². The van der Waals surface area contributed by atoms with Crippen molar-refractivity contribution in [2.24, 2.45) is 4.99 Å². The number of carbonyl (C=O) groups excluding carboxylic acids is 1. The standard InChI is InChI=1S/C16H16F2N2O2S/c17-15(18)22-12-7-5-10(6-8-12)9-13-14(21)20-16(23-13)19-11-3-1-2-4-11/h5-9,11,15H,1-4H2,(H,19,20,21)/b13-9+. The minimum Gasteiger partial charge on any atom is -0.435 e. The van der Waals surface area contributed by atoms with E-state index in [0.29, 0.717) is 16.1 Å². The molecule has 0 bridgehead atoms. The van der Waals surface area contributed by atoms with Crippen LogP contribution in [0.2, 0.25) is 0 Å². The maximum absolute atomic E-state index is 12.1. The lowest BCUT2D eigenvalue weighted by Gasteiger charge is -2.04. The number of hydrogen-bond donors (Lipinski definition) is 1. The molecule has 4 nitrogen and oxygen atoms in total. The van der Waals surface area contributed by atoms with Crippen molar-refractivity contribution in [3.05, 3.63) is 34.7 Å². The molecule has 1 aliphatic carbocycles. The SMILES string of the molecule is O=C1NC(=NC2CCCC2)S/C1=C/c1ccc(OC(F)F)cc1. The van der Waals surface area contributed by atoms with Gasteiger partial charge in [0.2, 0.25) is 0 Å². The van der Waals surface area contributed by atoms with Gasteiger partial charge in [0.05, 0.1) is 10.9 Å². The minimum atomic E-state index is -2.84. The van der Waals surface area contributed by atoms with Gasteiger partial charge >= 0.3 is 6.61 Å². The van der Waals surface area contributed by atoms with Crippen LogP contribution < -0.4 is 10.1 Å². The summed E-state index contributed by atoms with van der Waals surface area (Å²) >= 11 is 1.31. The van der Waals surface area contributed by atoms with E-state index in [0.717, 1.165) is 18.4 Å². The zero-order chi connectivity index (χ0) is 16.2. The van der Waals surface area contributed by atoms with Gasteiger partial charge in [-0.1, -0.05) is 25.0 Å². The minimum absolute atomic E-state index is 0.0918. The Bertz CT molecular complexity index is 638. The van der Waals surface area contributed by atoms with E-state index in [4.69, 9.17) is 0 Å². The highest BCUT2D eigenvalue weighted by molar-refractivity contribution is 8.18. The van der Waals surface area contributed by atoms with Crippen molar-refractivity contribution in [3.8, 4) is 5.75 Å². The van der Waals surface area contributed by atoms with E-state index < -0.39 is 6.61 Å². The molecule has 1 aromatic rings. The van der Waals surface area contributed by atoms with Crippen molar-refractivity contribution in [2.75, 3.05) is 0 Å². The number of aliphatic imine (C=N–C) groups is 1. The molecule has 1 aliphatic heterocycles. The monoisotopic (exact) mass is 338 g/mol. The average molecular weight is 338 g/mol. The zero-order valence-electron chi connectivity index (χ0n) is 12.3. The van der Waals surface area contributed by atoms with E-state index in [1.54, 1.807) is 18.2 Å². The van der Waals surface area contributed by atoms with Crippen LogP contribution in [0, 0.1) is 0 Å². The Balaban J connectivity index is 1.68. The second kappa shape index (κ2) is 7.12. The molecule has 0 atom stereocenters. The number of amides is 1. The molecule has 0 unspecified atom stereocenters. The predicted molar refractivity (Wildman–Crippen MR) is 86.5 cm³/mol. The lowest BCUT2D eigenvalue weighted by molar-refractivity contribution is -0.115. The van der Waals surface area contributed by atoms with Gasteiger partial charge in [0.15, 0.2) is 5.17 Å². The first-order valence-corrected chi connectivity index (χ1v) is 8.25. The van der Waals surface area contributed by atoms with Crippen molar-refractivity contribution in [2.45, 2.75) is 38.3 Å². The quantitative estimate of drug-likeness (QED) is 0.850. The summed E-state index contributed by atoms with van der Waals surface area (Å²) in [6.45, 7) is -2.84. The third-order valence-electron chi connectivity index (χ3n) is 3.68. The number of ether oxygens (including phenoxy) is 1. The van der Waals surface area contributed by atoms with Gasteiger partial charge in [-0.2, -0.15) is 8.78 Å². The zero-order valence-corrected chi connectivity index (χ0v) is 13.1. The first-order valence-electron chi connectivity index (χ1n) is 7.44. The van der Waals surface area contributed by atoms with Gasteiger partial charge in [-0.15, -0.1) is 0 Å². The van der Waals surface area contributed by atoms with Gasteiger partial charge in [-0.3, -0.25) is 9.79 Å². The van der Waals surface area contributed by atoms with E-state index in [1.165, 1.54) is 36.7 Å². The molecule has 23 heavy (non-hydrogen) atoms. The van der Waals surface area contributed by atoms with E-state index in [-0.39, 0.29) is 11.7 Å². The van der Waals surface area contributed by atoms with Gasteiger partial charge in [-0.25, -0.2) is 0 Å². The van der Waals surface area contributed by atoms with E-state index >= 15 is 0 Å².